The van der Waals surface area contributed by atoms with Gasteiger partial charge < -0.3 is 10.2 Å². The summed E-state index contributed by atoms with van der Waals surface area (Å²) in [5, 5.41) is 7.02. The molecule has 0 unspecified atom stereocenters. The highest BCUT2D eigenvalue weighted by molar-refractivity contribution is 5.94. The van der Waals surface area contributed by atoms with Gasteiger partial charge in [0.2, 0.25) is 0 Å². The predicted molar refractivity (Wildman–Crippen MR) is 102 cm³/mol. The number of pyridine rings is 2. The van der Waals surface area contributed by atoms with Crippen LogP contribution in [0, 0.1) is 6.92 Å². The standard InChI is InChI=1S/C20H22N6O/c1-14-10-16(20(27)23-12-17-5-8-24-25(17)2)11-22-19(14)26-9-6-18-15(13-26)4-3-7-21-18/h3-5,7-8,10-11H,6,9,12-13H2,1-2H3,(H,23,27). The summed E-state index contributed by atoms with van der Waals surface area (Å²) in [5.41, 5.74) is 4.92. The number of carbonyl (C=O) groups is 1. The molecule has 0 bridgehead atoms. The molecule has 1 amide bonds. The first-order valence-corrected chi connectivity index (χ1v) is 9.01. The Labute approximate surface area is 158 Å². The zero-order chi connectivity index (χ0) is 18.8. The van der Waals surface area contributed by atoms with Gasteiger partial charge in [-0.3, -0.25) is 14.5 Å². The van der Waals surface area contributed by atoms with Crippen molar-refractivity contribution in [3.63, 3.8) is 0 Å². The molecule has 4 heterocycles. The smallest absolute Gasteiger partial charge is 0.253 e. The van der Waals surface area contributed by atoms with E-state index in [1.54, 1.807) is 17.1 Å². The zero-order valence-electron chi connectivity index (χ0n) is 15.5. The lowest BCUT2D eigenvalue weighted by Crippen LogP contribution is -2.32. The highest BCUT2D eigenvalue weighted by Crippen LogP contribution is 2.24. The second-order valence-corrected chi connectivity index (χ2v) is 6.77. The van der Waals surface area contributed by atoms with Crippen LogP contribution in [0.4, 0.5) is 5.82 Å². The fraction of sp³-hybridized carbons (Fsp3) is 0.300. The van der Waals surface area contributed by atoms with Gasteiger partial charge in [-0.2, -0.15) is 5.10 Å². The Morgan fingerprint density at radius 1 is 1.26 bits per heavy atom. The molecule has 138 valence electrons. The van der Waals surface area contributed by atoms with Gasteiger partial charge in [0.05, 0.1) is 17.8 Å². The van der Waals surface area contributed by atoms with Gasteiger partial charge in [-0.25, -0.2) is 4.98 Å². The number of rotatable bonds is 4. The van der Waals surface area contributed by atoms with E-state index in [0.717, 1.165) is 42.3 Å². The van der Waals surface area contributed by atoms with Crippen LogP contribution in [0.5, 0.6) is 0 Å². The van der Waals surface area contributed by atoms with Crippen LogP contribution in [-0.2, 0) is 26.6 Å². The quantitative estimate of drug-likeness (QED) is 0.768. The number of hydrogen-bond acceptors (Lipinski definition) is 5. The van der Waals surface area contributed by atoms with Crippen LogP contribution in [0.2, 0.25) is 0 Å². The van der Waals surface area contributed by atoms with E-state index in [9.17, 15) is 4.79 Å². The number of hydrogen-bond donors (Lipinski definition) is 1. The molecule has 0 fully saturated rings. The summed E-state index contributed by atoms with van der Waals surface area (Å²) in [4.78, 5) is 23.7. The van der Waals surface area contributed by atoms with Crippen molar-refractivity contribution in [2.75, 3.05) is 11.4 Å². The maximum atomic E-state index is 12.5. The van der Waals surface area contributed by atoms with Crippen LogP contribution < -0.4 is 10.2 Å². The molecule has 0 saturated heterocycles. The Morgan fingerprint density at radius 3 is 2.93 bits per heavy atom. The van der Waals surface area contributed by atoms with Crippen molar-refractivity contribution in [1.82, 2.24) is 25.1 Å². The Bertz CT molecular complexity index is 980. The lowest BCUT2D eigenvalue weighted by atomic mass is 10.0. The van der Waals surface area contributed by atoms with E-state index in [0.29, 0.717) is 12.1 Å². The van der Waals surface area contributed by atoms with Gasteiger partial charge in [-0.05, 0) is 36.2 Å². The summed E-state index contributed by atoms with van der Waals surface area (Å²) < 4.78 is 1.75. The molecule has 3 aromatic rings. The lowest BCUT2D eigenvalue weighted by Gasteiger charge is -2.30. The highest BCUT2D eigenvalue weighted by atomic mass is 16.1. The van der Waals surface area contributed by atoms with Crippen LogP contribution in [0.3, 0.4) is 0 Å². The molecule has 0 atom stereocenters. The van der Waals surface area contributed by atoms with E-state index in [1.807, 2.05) is 38.4 Å². The minimum absolute atomic E-state index is 0.133. The number of aromatic nitrogens is 4. The number of aryl methyl sites for hydroxylation is 2. The first-order valence-electron chi connectivity index (χ1n) is 9.01. The summed E-state index contributed by atoms with van der Waals surface area (Å²) in [6.07, 6.45) is 6.12. The van der Waals surface area contributed by atoms with E-state index in [2.05, 4.69) is 31.3 Å². The van der Waals surface area contributed by atoms with Crippen LogP contribution in [-0.4, -0.2) is 32.2 Å². The van der Waals surface area contributed by atoms with E-state index in [4.69, 9.17) is 0 Å². The Balaban J connectivity index is 1.46. The van der Waals surface area contributed by atoms with Gasteiger partial charge in [0.15, 0.2) is 0 Å². The maximum absolute atomic E-state index is 12.5. The van der Waals surface area contributed by atoms with E-state index in [1.165, 1.54) is 5.56 Å². The number of amides is 1. The van der Waals surface area contributed by atoms with Crippen LogP contribution in [0.25, 0.3) is 0 Å². The van der Waals surface area contributed by atoms with Gasteiger partial charge in [-0.15, -0.1) is 0 Å². The Hall–Kier alpha value is -3.22. The molecule has 0 saturated carbocycles. The maximum Gasteiger partial charge on any atom is 0.253 e. The molecule has 3 aromatic heterocycles. The molecule has 4 rings (SSSR count). The van der Waals surface area contributed by atoms with Crippen LogP contribution >= 0.6 is 0 Å². The highest BCUT2D eigenvalue weighted by Gasteiger charge is 2.20. The molecule has 1 aliphatic rings. The first-order chi connectivity index (χ1) is 13.1. The summed E-state index contributed by atoms with van der Waals surface area (Å²) >= 11 is 0. The molecule has 1 aliphatic heterocycles. The minimum Gasteiger partial charge on any atom is -0.352 e. The van der Waals surface area contributed by atoms with Crippen LogP contribution in [0.1, 0.15) is 32.9 Å². The fourth-order valence-corrected chi connectivity index (χ4v) is 3.42. The molecule has 0 aromatic carbocycles. The van der Waals surface area contributed by atoms with Gasteiger partial charge in [0, 0.05) is 50.8 Å². The molecule has 0 spiro atoms. The molecule has 7 heteroatoms. The third-order valence-corrected chi connectivity index (χ3v) is 4.93. The molecule has 0 radical (unpaired) electrons. The number of nitrogens with one attached hydrogen (secondary N) is 1. The number of anilines is 1. The van der Waals surface area contributed by atoms with Crippen molar-refractivity contribution in [3.8, 4) is 0 Å². The second kappa shape index (κ2) is 7.19. The van der Waals surface area contributed by atoms with Crippen molar-refractivity contribution in [2.45, 2.75) is 26.4 Å². The summed E-state index contributed by atoms with van der Waals surface area (Å²) in [6, 6.07) is 7.87. The number of carbonyl (C=O) groups excluding carboxylic acids is 1. The SMILES string of the molecule is Cc1cc(C(=O)NCc2ccnn2C)cnc1N1CCc2ncccc2C1. The van der Waals surface area contributed by atoms with Crippen molar-refractivity contribution in [1.29, 1.82) is 0 Å². The Morgan fingerprint density at radius 2 is 2.15 bits per heavy atom. The topological polar surface area (TPSA) is 75.9 Å². The van der Waals surface area contributed by atoms with Crippen LogP contribution in [0.15, 0.2) is 42.9 Å². The van der Waals surface area contributed by atoms with Gasteiger partial charge >= 0.3 is 0 Å². The normalized spacial score (nSPS) is 13.3. The zero-order valence-corrected chi connectivity index (χ0v) is 15.5. The minimum atomic E-state index is -0.133. The first kappa shape index (κ1) is 17.2. The number of fused-ring (bicyclic) bond motifs is 1. The summed E-state index contributed by atoms with van der Waals surface area (Å²) in [5.74, 6) is 0.791. The number of nitrogens with zero attached hydrogens (tertiary/aromatic N) is 5. The lowest BCUT2D eigenvalue weighted by molar-refractivity contribution is 0.0949. The molecular formula is C20H22N6O. The van der Waals surface area contributed by atoms with Crippen molar-refractivity contribution in [2.24, 2.45) is 7.05 Å². The average Bonchev–Trinajstić information content (AvgIpc) is 3.10. The summed E-state index contributed by atoms with van der Waals surface area (Å²) in [7, 11) is 1.86. The van der Waals surface area contributed by atoms with Crippen molar-refractivity contribution >= 4 is 11.7 Å². The Kier molecular flexibility index (Phi) is 4.58. The monoisotopic (exact) mass is 362 g/mol. The van der Waals surface area contributed by atoms with E-state index < -0.39 is 0 Å². The molecule has 7 nitrogen and oxygen atoms in total. The second-order valence-electron chi connectivity index (χ2n) is 6.77. The molecular weight excluding hydrogens is 340 g/mol. The fourth-order valence-electron chi connectivity index (χ4n) is 3.42. The predicted octanol–water partition coefficient (Wildman–Crippen LogP) is 2.01. The summed E-state index contributed by atoms with van der Waals surface area (Å²) in [6.45, 7) is 4.11. The third kappa shape index (κ3) is 3.53. The van der Waals surface area contributed by atoms with Crippen molar-refractivity contribution in [3.05, 3.63) is 70.9 Å². The molecule has 0 aliphatic carbocycles. The molecule has 1 N–H and O–H groups in total. The van der Waals surface area contributed by atoms with E-state index in [-0.39, 0.29) is 5.91 Å². The molecule has 27 heavy (non-hydrogen) atoms. The van der Waals surface area contributed by atoms with Crippen molar-refractivity contribution < 1.29 is 4.79 Å². The van der Waals surface area contributed by atoms with Gasteiger partial charge in [-0.1, -0.05) is 6.07 Å². The third-order valence-electron chi connectivity index (χ3n) is 4.93. The largest absolute Gasteiger partial charge is 0.352 e. The average molecular weight is 362 g/mol. The van der Waals surface area contributed by atoms with Gasteiger partial charge in [0.25, 0.3) is 5.91 Å². The van der Waals surface area contributed by atoms with Gasteiger partial charge in [0.1, 0.15) is 5.82 Å². The van der Waals surface area contributed by atoms with E-state index >= 15 is 0 Å².